The summed E-state index contributed by atoms with van der Waals surface area (Å²) in [5, 5.41) is 0. The standard InChI is InChI=1S/C10H23NO2.ClH/c1-5-10(6-2,7-3)13-11-9-12-8-4;/h11H,5-9H2,1-4H3;1H. The molecule has 1 N–H and O–H groups in total. The number of nitrogens with one attached hydrogen (secondary N) is 1. The van der Waals surface area contributed by atoms with E-state index < -0.39 is 0 Å². The summed E-state index contributed by atoms with van der Waals surface area (Å²) in [7, 11) is 0. The predicted molar refractivity (Wildman–Crippen MR) is 61.6 cm³/mol. The number of hydrogen-bond donors (Lipinski definition) is 1. The molecule has 4 heteroatoms. The molecule has 0 aromatic heterocycles. The summed E-state index contributed by atoms with van der Waals surface area (Å²) in [5.74, 6) is 0. The van der Waals surface area contributed by atoms with E-state index in [9.17, 15) is 0 Å². The van der Waals surface area contributed by atoms with Gasteiger partial charge in [-0.2, -0.15) is 5.48 Å². The van der Waals surface area contributed by atoms with Gasteiger partial charge >= 0.3 is 0 Å². The highest BCUT2D eigenvalue weighted by Gasteiger charge is 2.24. The molecule has 0 aromatic carbocycles. The Labute approximate surface area is 93.9 Å². The molecule has 0 aliphatic rings. The third-order valence-corrected chi connectivity index (χ3v) is 2.59. The molecule has 0 bridgehead atoms. The van der Waals surface area contributed by atoms with Crippen LogP contribution in [0.15, 0.2) is 0 Å². The van der Waals surface area contributed by atoms with Crippen LogP contribution in [0.3, 0.4) is 0 Å². The lowest BCUT2D eigenvalue weighted by Gasteiger charge is -2.29. The maximum absolute atomic E-state index is 5.60. The summed E-state index contributed by atoms with van der Waals surface area (Å²) < 4.78 is 5.13. The van der Waals surface area contributed by atoms with E-state index in [4.69, 9.17) is 9.57 Å². The fourth-order valence-corrected chi connectivity index (χ4v) is 1.29. The third kappa shape index (κ3) is 5.81. The van der Waals surface area contributed by atoms with Gasteiger partial charge in [-0.25, -0.2) is 0 Å². The van der Waals surface area contributed by atoms with Crippen molar-refractivity contribution < 1.29 is 9.57 Å². The van der Waals surface area contributed by atoms with Crippen molar-refractivity contribution in [3.63, 3.8) is 0 Å². The van der Waals surface area contributed by atoms with Crippen LogP contribution in [0.2, 0.25) is 0 Å². The molecule has 0 spiro atoms. The first kappa shape index (κ1) is 16.6. The van der Waals surface area contributed by atoms with Gasteiger partial charge in [0.2, 0.25) is 0 Å². The molecule has 0 aromatic rings. The lowest BCUT2D eigenvalue weighted by molar-refractivity contribution is -0.140. The molecular formula is C10H24ClNO2. The second-order valence-corrected chi connectivity index (χ2v) is 3.13. The highest BCUT2D eigenvalue weighted by Crippen LogP contribution is 2.22. The van der Waals surface area contributed by atoms with Crippen LogP contribution in [-0.2, 0) is 9.57 Å². The van der Waals surface area contributed by atoms with Gasteiger partial charge in [0, 0.05) is 6.61 Å². The Hall–Kier alpha value is 0.170. The van der Waals surface area contributed by atoms with Crippen molar-refractivity contribution in [2.24, 2.45) is 0 Å². The summed E-state index contributed by atoms with van der Waals surface area (Å²) in [4.78, 5) is 5.60. The van der Waals surface area contributed by atoms with Gasteiger partial charge in [0.05, 0.1) is 5.60 Å². The lowest BCUT2D eigenvalue weighted by atomic mass is 9.94. The van der Waals surface area contributed by atoms with Crippen molar-refractivity contribution in [1.82, 2.24) is 5.48 Å². The molecule has 14 heavy (non-hydrogen) atoms. The predicted octanol–water partition coefficient (Wildman–Crippen LogP) is 2.89. The van der Waals surface area contributed by atoms with Gasteiger partial charge in [-0.1, -0.05) is 20.8 Å². The van der Waals surface area contributed by atoms with Crippen LogP contribution in [0.25, 0.3) is 0 Å². The second kappa shape index (κ2) is 9.71. The highest BCUT2D eigenvalue weighted by molar-refractivity contribution is 5.85. The van der Waals surface area contributed by atoms with Gasteiger partial charge in [0.1, 0.15) is 6.73 Å². The number of hydroxylamine groups is 1. The van der Waals surface area contributed by atoms with Crippen LogP contribution in [0, 0.1) is 0 Å². The smallest absolute Gasteiger partial charge is 0.119 e. The van der Waals surface area contributed by atoms with E-state index in [0.717, 1.165) is 19.3 Å². The van der Waals surface area contributed by atoms with Crippen molar-refractivity contribution in [3.8, 4) is 0 Å². The maximum atomic E-state index is 5.60. The number of rotatable bonds is 8. The summed E-state index contributed by atoms with van der Waals surface area (Å²) in [6.45, 7) is 9.60. The van der Waals surface area contributed by atoms with E-state index in [1.54, 1.807) is 0 Å². The molecule has 0 amide bonds. The van der Waals surface area contributed by atoms with E-state index >= 15 is 0 Å². The third-order valence-electron chi connectivity index (χ3n) is 2.59. The minimum atomic E-state index is -0.0168. The fraction of sp³-hybridized carbons (Fsp3) is 1.00. The summed E-state index contributed by atoms with van der Waals surface area (Å²) in [5.41, 5.74) is 2.84. The first-order valence-corrected chi connectivity index (χ1v) is 5.23. The number of hydrogen-bond acceptors (Lipinski definition) is 3. The number of halogens is 1. The van der Waals surface area contributed by atoms with E-state index in [1.165, 1.54) is 0 Å². The summed E-state index contributed by atoms with van der Waals surface area (Å²) >= 11 is 0. The molecule has 0 aliphatic heterocycles. The Balaban J connectivity index is 0. The van der Waals surface area contributed by atoms with Crippen molar-refractivity contribution >= 4 is 12.4 Å². The molecule has 0 saturated heterocycles. The molecule has 3 nitrogen and oxygen atoms in total. The van der Waals surface area contributed by atoms with Crippen molar-refractivity contribution in [2.75, 3.05) is 13.3 Å². The van der Waals surface area contributed by atoms with Gasteiger partial charge in [-0.15, -0.1) is 12.4 Å². The molecule has 0 fully saturated rings. The maximum Gasteiger partial charge on any atom is 0.119 e. The van der Waals surface area contributed by atoms with Crippen LogP contribution in [-0.4, -0.2) is 18.9 Å². The van der Waals surface area contributed by atoms with Gasteiger partial charge in [0.15, 0.2) is 0 Å². The molecule has 0 heterocycles. The largest absolute Gasteiger partial charge is 0.364 e. The average molecular weight is 226 g/mol. The van der Waals surface area contributed by atoms with Crippen LogP contribution < -0.4 is 5.48 Å². The number of ether oxygens (including phenoxy) is 1. The zero-order valence-corrected chi connectivity index (χ0v) is 10.6. The Bertz CT molecular complexity index is 110. The summed E-state index contributed by atoms with van der Waals surface area (Å²) in [6, 6.07) is 0. The molecule has 0 radical (unpaired) electrons. The first-order chi connectivity index (χ1) is 6.24. The highest BCUT2D eigenvalue weighted by atomic mass is 35.5. The first-order valence-electron chi connectivity index (χ1n) is 5.23. The van der Waals surface area contributed by atoms with Gasteiger partial charge in [-0.05, 0) is 26.2 Å². The van der Waals surface area contributed by atoms with Crippen LogP contribution >= 0.6 is 12.4 Å². The molecule has 0 atom stereocenters. The average Bonchev–Trinajstić information content (AvgIpc) is 2.20. The van der Waals surface area contributed by atoms with Crippen molar-refractivity contribution in [2.45, 2.75) is 52.6 Å². The van der Waals surface area contributed by atoms with E-state index in [-0.39, 0.29) is 18.0 Å². The Morgan fingerprint density at radius 3 is 1.86 bits per heavy atom. The van der Waals surface area contributed by atoms with Gasteiger partial charge in [0.25, 0.3) is 0 Å². The topological polar surface area (TPSA) is 30.5 Å². The van der Waals surface area contributed by atoms with Crippen LogP contribution in [0.4, 0.5) is 0 Å². The molecule has 0 aliphatic carbocycles. The Morgan fingerprint density at radius 2 is 1.50 bits per heavy atom. The molecule has 88 valence electrons. The van der Waals surface area contributed by atoms with E-state index in [2.05, 4.69) is 26.3 Å². The fourth-order valence-electron chi connectivity index (χ4n) is 1.29. The monoisotopic (exact) mass is 225 g/mol. The molecule has 0 unspecified atom stereocenters. The van der Waals surface area contributed by atoms with Crippen molar-refractivity contribution in [1.29, 1.82) is 0 Å². The minimum Gasteiger partial charge on any atom is -0.364 e. The normalized spacial score (nSPS) is 11.1. The van der Waals surface area contributed by atoms with Crippen LogP contribution in [0.5, 0.6) is 0 Å². The van der Waals surface area contributed by atoms with Crippen molar-refractivity contribution in [3.05, 3.63) is 0 Å². The van der Waals surface area contributed by atoms with E-state index in [0.29, 0.717) is 13.3 Å². The van der Waals surface area contributed by atoms with Crippen LogP contribution in [0.1, 0.15) is 47.0 Å². The zero-order chi connectivity index (χ0) is 10.2. The minimum absolute atomic E-state index is 0. The zero-order valence-electron chi connectivity index (χ0n) is 9.76. The van der Waals surface area contributed by atoms with Gasteiger partial charge in [-0.3, -0.25) is 4.84 Å². The molecular weight excluding hydrogens is 202 g/mol. The quantitative estimate of drug-likeness (QED) is 0.392. The van der Waals surface area contributed by atoms with Gasteiger partial charge < -0.3 is 4.74 Å². The lowest BCUT2D eigenvalue weighted by Crippen LogP contribution is -2.37. The Morgan fingerprint density at radius 1 is 1.00 bits per heavy atom. The van der Waals surface area contributed by atoms with E-state index in [1.807, 2.05) is 6.92 Å². The Kier molecular flexibility index (Phi) is 11.5. The summed E-state index contributed by atoms with van der Waals surface area (Å²) in [6.07, 6.45) is 3.08. The molecule has 0 rings (SSSR count). The second-order valence-electron chi connectivity index (χ2n) is 3.13. The molecule has 0 saturated carbocycles. The SMILES string of the molecule is CCOCNOC(CC)(CC)CC.Cl.